The number of carbonyl (C=O) groups excluding carboxylic acids is 2. The van der Waals surface area contributed by atoms with E-state index in [1.165, 1.54) is 6.20 Å². The number of aromatic amines is 1. The number of rotatable bonds is 3. The summed E-state index contributed by atoms with van der Waals surface area (Å²) in [5, 5.41) is 6.30. The van der Waals surface area contributed by atoms with Crippen molar-refractivity contribution in [2.75, 3.05) is 0 Å². The van der Waals surface area contributed by atoms with E-state index in [0.29, 0.717) is 24.0 Å². The van der Waals surface area contributed by atoms with Crippen molar-refractivity contribution < 1.29 is 9.59 Å². The lowest BCUT2D eigenvalue weighted by atomic mass is 10.1. The highest BCUT2D eigenvalue weighted by molar-refractivity contribution is 6.33. The maximum absolute atomic E-state index is 10.8. The first-order valence-corrected chi connectivity index (χ1v) is 3.31. The van der Waals surface area contributed by atoms with Gasteiger partial charge in [-0.2, -0.15) is 5.10 Å². The fourth-order valence-corrected chi connectivity index (χ4v) is 0.858. The quantitative estimate of drug-likeness (QED) is 0.386. The molecule has 11 heavy (non-hydrogen) atoms. The van der Waals surface area contributed by atoms with Crippen molar-refractivity contribution in [2.45, 2.75) is 13.3 Å². The third kappa shape index (κ3) is 1.34. The molecule has 4 heteroatoms. The molecule has 0 radical (unpaired) electrons. The van der Waals surface area contributed by atoms with Gasteiger partial charge >= 0.3 is 0 Å². The molecule has 0 aliphatic heterocycles. The Labute approximate surface area is 63.6 Å². The van der Waals surface area contributed by atoms with Gasteiger partial charge in [0.1, 0.15) is 0 Å². The maximum Gasteiger partial charge on any atom is 0.228 e. The van der Waals surface area contributed by atoms with Crippen LogP contribution < -0.4 is 0 Å². The topological polar surface area (TPSA) is 62.8 Å². The average Bonchev–Trinajstić information content (AvgIpc) is 2.50. The molecule has 0 fully saturated rings. The second-order valence-corrected chi connectivity index (χ2v) is 2.10. The molecule has 0 unspecified atom stereocenters. The highest BCUT2D eigenvalue weighted by Gasteiger charge is 2.10. The Balaban J connectivity index is 3.01. The first kappa shape index (κ1) is 7.65. The molecule has 0 aromatic carbocycles. The molecule has 0 atom stereocenters. The molecule has 0 aliphatic rings. The van der Waals surface area contributed by atoms with Crippen LogP contribution >= 0.6 is 0 Å². The van der Waals surface area contributed by atoms with Crippen LogP contribution in [0.5, 0.6) is 0 Å². The van der Waals surface area contributed by atoms with Gasteiger partial charge in [-0.05, 0) is 6.42 Å². The van der Waals surface area contributed by atoms with Crippen molar-refractivity contribution in [1.29, 1.82) is 0 Å². The molecule has 0 amide bonds. The minimum Gasteiger partial charge on any atom is -0.294 e. The van der Waals surface area contributed by atoms with Crippen molar-refractivity contribution in [3.63, 3.8) is 0 Å². The number of nitrogens with one attached hydrogen (secondary N) is 1. The molecule has 0 aliphatic carbocycles. The number of aryl methyl sites for hydroxylation is 1. The monoisotopic (exact) mass is 152 g/mol. The van der Waals surface area contributed by atoms with Crippen LogP contribution in [0, 0.1) is 0 Å². The van der Waals surface area contributed by atoms with Gasteiger partial charge < -0.3 is 0 Å². The minimum absolute atomic E-state index is 0.296. The third-order valence-electron chi connectivity index (χ3n) is 1.44. The Hall–Kier alpha value is -1.45. The van der Waals surface area contributed by atoms with Gasteiger partial charge in [0.25, 0.3) is 0 Å². The second-order valence-electron chi connectivity index (χ2n) is 2.10. The minimum atomic E-state index is -0.518. The molecule has 1 N–H and O–H groups in total. The normalized spacial score (nSPS) is 9.55. The molecule has 1 rings (SSSR count). The van der Waals surface area contributed by atoms with Crippen LogP contribution in [0.2, 0.25) is 0 Å². The van der Waals surface area contributed by atoms with E-state index >= 15 is 0 Å². The number of hydrogen-bond acceptors (Lipinski definition) is 3. The number of ketones is 1. The fraction of sp³-hybridized carbons (Fsp3) is 0.286. The third-order valence-corrected chi connectivity index (χ3v) is 1.44. The molecule has 0 spiro atoms. The van der Waals surface area contributed by atoms with Gasteiger partial charge in [0.05, 0.1) is 11.8 Å². The lowest BCUT2D eigenvalue weighted by Crippen LogP contribution is -2.01. The lowest BCUT2D eigenvalue weighted by molar-refractivity contribution is -0.104. The number of aromatic nitrogens is 2. The highest BCUT2D eigenvalue weighted by atomic mass is 16.2. The summed E-state index contributed by atoms with van der Waals surface area (Å²) in [5.74, 6) is -0.518. The molecule has 0 saturated heterocycles. The molecule has 0 bridgehead atoms. The van der Waals surface area contributed by atoms with Crippen molar-refractivity contribution in [3.05, 3.63) is 17.5 Å². The van der Waals surface area contributed by atoms with Crippen LogP contribution in [0.15, 0.2) is 6.20 Å². The zero-order chi connectivity index (χ0) is 8.27. The summed E-state index contributed by atoms with van der Waals surface area (Å²) in [6.07, 6.45) is 2.34. The fourth-order valence-electron chi connectivity index (χ4n) is 0.858. The van der Waals surface area contributed by atoms with Crippen LogP contribution in [0.4, 0.5) is 0 Å². The van der Waals surface area contributed by atoms with Crippen molar-refractivity contribution >= 4 is 12.1 Å². The Kier molecular flexibility index (Phi) is 2.15. The lowest BCUT2D eigenvalue weighted by Gasteiger charge is -1.90. The van der Waals surface area contributed by atoms with Crippen LogP contribution in [0.1, 0.15) is 23.0 Å². The zero-order valence-electron chi connectivity index (χ0n) is 6.13. The van der Waals surface area contributed by atoms with Crippen molar-refractivity contribution in [3.8, 4) is 0 Å². The first-order valence-electron chi connectivity index (χ1n) is 3.31. The van der Waals surface area contributed by atoms with E-state index in [2.05, 4.69) is 10.2 Å². The number of Topliss-reactive ketones (excluding diaryl/α,β-unsaturated/α-hetero) is 1. The predicted octanol–water partition coefficient (Wildman–Crippen LogP) is 0.354. The van der Waals surface area contributed by atoms with Gasteiger partial charge in [-0.1, -0.05) is 6.92 Å². The van der Waals surface area contributed by atoms with E-state index < -0.39 is 5.78 Å². The smallest absolute Gasteiger partial charge is 0.228 e. The van der Waals surface area contributed by atoms with E-state index in [1.54, 1.807) is 0 Å². The predicted molar refractivity (Wildman–Crippen MR) is 38.4 cm³/mol. The molecule has 0 saturated carbocycles. The number of aldehydes is 1. The average molecular weight is 152 g/mol. The van der Waals surface area contributed by atoms with E-state index in [0.717, 1.165) is 0 Å². The van der Waals surface area contributed by atoms with Crippen molar-refractivity contribution in [1.82, 2.24) is 10.2 Å². The van der Waals surface area contributed by atoms with Crippen LogP contribution in [-0.4, -0.2) is 22.3 Å². The summed E-state index contributed by atoms with van der Waals surface area (Å²) in [6.45, 7) is 1.88. The van der Waals surface area contributed by atoms with Crippen LogP contribution in [0.25, 0.3) is 0 Å². The van der Waals surface area contributed by atoms with Crippen molar-refractivity contribution in [2.24, 2.45) is 0 Å². The van der Waals surface area contributed by atoms with Gasteiger partial charge in [0, 0.05) is 5.69 Å². The molecule has 1 aromatic heterocycles. The number of nitrogens with zero attached hydrogens (tertiary/aromatic N) is 1. The van der Waals surface area contributed by atoms with E-state index in [-0.39, 0.29) is 0 Å². The molecule has 1 heterocycles. The van der Waals surface area contributed by atoms with Gasteiger partial charge in [0.15, 0.2) is 6.29 Å². The van der Waals surface area contributed by atoms with E-state index in [1.807, 2.05) is 6.92 Å². The van der Waals surface area contributed by atoms with Crippen LogP contribution in [-0.2, 0) is 11.2 Å². The van der Waals surface area contributed by atoms with Gasteiger partial charge in [-0.15, -0.1) is 0 Å². The number of hydrogen-bond donors (Lipinski definition) is 1. The van der Waals surface area contributed by atoms with Gasteiger partial charge in [0.2, 0.25) is 5.78 Å². The number of H-pyrrole nitrogens is 1. The first-order chi connectivity index (χ1) is 5.29. The van der Waals surface area contributed by atoms with E-state index in [4.69, 9.17) is 0 Å². The zero-order valence-corrected chi connectivity index (χ0v) is 6.13. The Morgan fingerprint density at radius 3 is 3.09 bits per heavy atom. The summed E-state index contributed by atoms with van der Waals surface area (Å²) in [7, 11) is 0. The second kappa shape index (κ2) is 3.09. The summed E-state index contributed by atoms with van der Waals surface area (Å²) in [5.41, 5.74) is 1.09. The van der Waals surface area contributed by atoms with Gasteiger partial charge in [-0.3, -0.25) is 14.7 Å². The van der Waals surface area contributed by atoms with Crippen LogP contribution in [0.3, 0.4) is 0 Å². The van der Waals surface area contributed by atoms with Gasteiger partial charge in [-0.25, -0.2) is 0 Å². The Morgan fingerprint density at radius 2 is 2.55 bits per heavy atom. The molecule has 58 valence electrons. The molecule has 4 nitrogen and oxygen atoms in total. The molecular formula is C7H8N2O2. The number of carbonyl (C=O) groups is 2. The Morgan fingerprint density at radius 1 is 1.82 bits per heavy atom. The maximum atomic E-state index is 10.8. The largest absolute Gasteiger partial charge is 0.294 e. The molecular weight excluding hydrogens is 144 g/mol. The summed E-state index contributed by atoms with van der Waals surface area (Å²) < 4.78 is 0. The Bertz CT molecular complexity index is 278. The highest BCUT2D eigenvalue weighted by Crippen LogP contribution is 2.04. The summed E-state index contributed by atoms with van der Waals surface area (Å²) in [4.78, 5) is 20.9. The summed E-state index contributed by atoms with van der Waals surface area (Å²) >= 11 is 0. The standard InChI is InChI=1S/C7H8N2O2/c1-2-6-5(3-8-9-6)7(11)4-10/h3-4H,2H2,1H3,(H,8,9). The van der Waals surface area contributed by atoms with E-state index in [9.17, 15) is 9.59 Å². The summed E-state index contributed by atoms with van der Waals surface area (Å²) in [6, 6.07) is 0. The molecule has 1 aromatic rings. The SMILES string of the molecule is CCc1[nH]ncc1C(=O)C=O.